The zero-order valence-electron chi connectivity index (χ0n) is 10.2. The molecule has 0 aromatic heterocycles. The van der Waals surface area contributed by atoms with Crippen LogP contribution in [0.25, 0.3) is 0 Å². The van der Waals surface area contributed by atoms with Crippen molar-refractivity contribution in [3.05, 3.63) is 29.8 Å². The standard InChI is InChI=1S/C13H22N2/c1-11(2)9-15(4)10-12-6-5-7-13(8-12)14-3/h5-8,11,14H,9-10H2,1-4H3. The minimum Gasteiger partial charge on any atom is -0.388 e. The molecule has 0 saturated carbocycles. The fourth-order valence-corrected chi connectivity index (χ4v) is 1.82. The van der Waals surface area contributed by atoms with Crippen LogP contribution in [0.2, 0.25) is 0 Å². The summed E-state index contributed by atoms with van der Waals surface area (Å²) in [5.74, 6) is 0.725. The lowest BCUT2D eigenvalue weighted by Crippen LogP contribution is -2.22. The largest absolute Gasteiger partial charge is 0.388 e. The summed E-state index contributed by atoms with van der Waals surface area (Å²) in [5, 5.41) is 3.16. The molecule has 0 aliphatic carbocycles. The third-order valence-electron chi connectivity index (χ3n) is 2.34. The van der Waals surface area contributed by atoms with Gasteiger partial charge in [-0.05, 0) is 30.7 Å². The molecule has 2 heteroatoms. The Kier molecular flexibility index (Phi) is 4.63. The number of hydrogen-bond acceptors (Lipinski definition) is 2. The number of nitrogens with one attached hydrogen (secondary N) is 1. The molecule has 1 aromatic carbocycles. The van der Waals surface area contributed by atoms with E-state index in [4.69, 9.17) is 0 Å². The van der Waals surface area contributed by atoms with Crippen molar-refractivity contribution in [3.63, 3.8) is 0 Å². The molecule has 0 heterocycles. The van der Waals surface area contributed by atoms with E-state index in [9.17, 15) is 0 Å². The molecule has 0 atom stereocenters. The number of anilines is 1. The second-order valence-corrected chi connectivity index (χ2v) is 4.54. The molecule has 0 fully saturated rings. The first kappa shape index (κ1) is 12.1. The maximum absolute atomic E-state index is 3.16. The fourth-order valence-electron chi connectivity index (χ4n) is 1.82. The van der Waals surface area contributed by atoms with E-state index in [0.717, 1.165) is 19.0 Å². The first-order chi connectivity index (χ1) is 7.11. The highest BCUT2D eigenvalue weighted by Gasteiger charge is 2.02. The summed E-state index contributed by atoms with van der Waals surface area (Å²) in [5.41, 5.74) is 2.55. The predicted octanol–water partition coefficient (Wildman–Crippen LogP) is 2.82. The Morgan fingerprint density at radius 3 is 2.67 bits per heavy atom. The van der Waals surface area contributed by atoms with Gasteiger partial charge in [0.25, 0.3) is 0 Å². The van der Waals surface area contributed by atoms with Gasteiger partial charge in [-0.25, -0.2) is 0 Å². The van der Waals surface area contributed by atoms with Crippen LogP contribution in [0.15, 0.2) is 24.3 Å². The average Bonchev–Trinajstić information content (AvgIpc) is 2.16. The van der Waals surface area contributed by atoms with Crippen LogP contribution >= 0.6 is 0 Å². The Hall–Kier alpha value is -1.02. The van der Waals surface area contributed by atoms with Gasteiger partial charge in [0.2, 0.25) is 0 Å². The molecule has 0 saturated heterocycles. The Bertz CT molecular complexity index is 294. The van der Waals surface area contributed by atoms with Crippen molar-refractivity contribution in [1.82, 2.24) is 4.90 Å². The minimum absolute atomic E-state index is 0.725. The second kappa shape index (κ2) is 5.76. The van der Waals surface area contributed by atoms with E-state index in [0.29, 0.717) is 0 Å². The highest BCUT2D eigenvalue weighted by molar-refractivity contribution is 5.44. The normalized spacial score (nSPS) is 11.1. The fraction of sp³-hybridized carbons (Fsp3) is 0.538. The second-order valence-electron chi connectivity index (χ2n) is 4.54. The Morgan fingerprint density at radius 2 is 2.07 bits per heavy atom. The molecule has 0 aliphatic heterocycles. The SMILES string of the molecule is CNc1cccc(CN(C)CC(C)C)c1. The summed E-state index contributed by atoms with van der Waals surface area (Å²) in [4.78, 5) is 2.36. The van der Waals surface area contributed by atoms with Gasteiger partial charge < -0.3 is 10.2 Å². The summed E-state index contributed by atoms with van der Waals surface area (Å²) in [6, 6.07) is 8.57. The third kappa shape index (κ3) is 4.34. The van der Waals surface area contributed by atoms with E-state index in [1.54, 1.807) is 0 Å². The summed E-state index contributed by atoms with van der Waals surface area (Å²) in [6.45, 7) is 6.67. The van der Waals surface area contributed by atoms with E-state index < -0.39 is 0 Å². The van der Waals surface area contributed by atoms with E-state index in [1.165, 1.54) is 11.3 Å². The van der Waals surface area contributed by atoms with Crippen LogP contribution in [0.3, 0.4) is 0 Å². The molecule has 0 unspecified atom stereocenters. The van der Waals surface area contributed by atoms with E-state index in [2.05, 4.69) is 55.4 Å². The van der Waals surface area contributed by atoms with Crippen LogP contribution < -0.4 is 5.32 Å². The van der Waals surface area contributed by atoms with Crippen LogP contribution in [0.4, 0.5) is 5.69 Å². The van der Waals surface area contributed by atoms with Crippen molar-refractivity contribution >= 4 is 5.69 Å². The van der Waals surface area contributed by atoms with Gasteiger partial charge in [-0.1, -0.05) is 26.0 Å². The zero-order valence-corrected chi connectivity index (χ0v) is 10.2. The topological polar surface area (TPSA) is 15.3 Å². The molecule has 1 rings (SSSR count). The monoisotopic (exact) mass is 206 g/mol. The smallest absolute Gasteiger partial charge is 0.0340 e. The van der Waals surface area contributed by atoms with Crippen LogP contribution in [0.5, 0.6) is 0 Å². The predicted molar refractivity (Wildman–Crippen MR) is 67.2 cm³/mol. The van der Waals surface area contributed by atoms with Crippen molar-refractivity contribution in [2.24, 2.45) is 5.92 Å². The Balaban J connectivity index is 2.55. The van der Waals surface area contributed by atoms with Gasteiger partial charge in [0.05, 0.1) is 0 Å². The lowest BCUT2D eigenvalue weighted by atomic mass is 10.1. The van der Waals surface area contributed by atoms with Crippen molar-refractivity contribution in [2.45, 2.75) is 20.4 Å². The number of nitrogens with zero attached hydrogens (tertiary/aromatic N) is 1. The van der Waals surface area contributed by atoms with Crippen molar-refractivity contribution < 1.29 is 0 Å². The third-order valence-corrected chi connectivity index (χ3v) is 2.34. The van der Waals surface area contributed by atoms with Gasteiger partial charge >= 0.3 is 0 Å². The average molecular weight is 206 g/mol. The van der Waals surface area contributed by atoms with E-state index in [-0.39, 0.29) is 0 Å². The van der Waals surface area contributed by atoms with Crippen LogP contribution in [0.1, 0.15) is 19.4 Å². The highest BCUT2D eigenvalue weighted by atomic mass is 15.1. The van der Waals surface area contributed by atoms with Crippen LogP contribution in [0, 0.1) is 5.92 Å². The van der Waals surface area contributed by atoms with Gasteiger partial charge in [-0.3, -0.25) is 0 Å². The van der Waals surface area contributed by atoms with Gasteiger partial charge in [0.1, 0.15) is 0 Å². The molecular formula is C13H22N2. The first-order valence-corrected chi connectivity index (χ1v) is 5.57. The van der Waals surface area contributed by atoms with Gasteiger partial charge in [-0.2, -0.15) is 0 Å². The Labute approximate surface area is 93.3 Å². The first-order valence-electron chi connectivity index (χ1n) is 5.57. The minimum atomic E-state index is 0.725. The molecule has 0 radical (unpaired) electrons. The highest BCUT2D eigenvalue weighted by Crippen LogP contribution is 2.11. The molecule has 0 bridgehead atoms. The molecule has 84 valence electrons. The van der Waals surface area contributed by atoms with Crippen LogP contribution in [-0.4, -0.2) is 25.5 Å². The Morgan fingerprint density at radius 1 is 1.33 bits per heavy atom. The molecule has 15 heavy (non-hydrogen) atoms. The summed E-state index contributed by atoms with van der Waals surface area (Å²) in [6.07, 6.45) is 0. The quantitative estimate of drug-likeness (QED) is 0.797. The van der Waals surface area contributed by atoms with Crippen LogP contribution in [-0.2, 0) is 6.54 Å². The van der Waals surface area contributed by atoms with Gasteiger partial charge in [0.15, 0.2) is 0 Å². The summed E-state index contributed by atoms with van der Waals surface area (Å²) >= 11 is 0. The lowest BCUT2D eigenvalue weighted by Gasteiger charge is -2.19. The van der Waals surface area contributed by atoms with E-state index in [1.807, 2.05) is 7.05 Å². The number of benzene rings is 1. The van der Waals surface area contributed by atoms with Gasteiger partial charge in [-0.15, -0.1) is 0 Å². The van der Waals surface area contributed by atoms with Crippen molar-refractivity contribution in [1.29, 1.82) is 0 Å². The van der Waals surface area contributed by atoms with Gasteiger partial charge in [0, 0.05) is 25.8 Å². The zero-order chi connectivity index (χ0) is 11.3. The summed E-state index contributed by atoms with van der Waals surface area (Å²) in [7, 11) is 4.13. The molecule has 2 nitrogen and oxygen atoms in total. The summed E-state index contributed by atoms with van der Waals surface area (Å²) < 4.78 is 0. The maximum atomic E-state index is 3.16. The maximum Gasteiger partial charge on any atom is 0.0340 e. The molecule has 0 amide bonds. The number of rotatable bonds is 5. The molecule has 0 spiro atoms. The molecule has 0 aliphatic rings. The molecule has 1 N–H and O–H groups in total. The van der Waals surface area contributed by atoms with Crippen molar-refractivity contribution in [3.8, 4) is 0 Å². The lowest BCUT2D eigenvalue weighted by molar-refractivity contribution is 0.288. The van der Waals surface area contributed by atoms with E-state index >= 15 is 0 Å². The molecular weight excluding hydrogens is 184 g/mol. The molecule has 1 aromatic rings. The van der Waals surface area contributed by atoms with Crippen molar-refractivity contribution in [2.75, 3.05) is 26.0 Å². The number of hydrogen-bond donors (Lipinski definition) is 1.